The standard InChI is InChI=1S/C14H21N3O4/c1-9(2)7-17-10(3)11(6-15-17)12(18)16-14(13(19)20)4-5-21-8-14/h6,9H,4-5,7-8H2,1-3H3,(H,16,18)(H,19,20). The number of carboxylic acid groups (broad SMARTS) is 1. The zero-order valence-electron chi connectivity index (χ0n) is 12.5. The summed E-state index contributed by atoms with van der Waals surface area (Å²) in [4.78, 5) is 23.8. The van der Waals surface area contributed by atoms with Crippen LogP contribution in [-0.4, -0.2) is 45.5 Å². The molecule has 21 heavy (non-hydrogen) atoms. The number of aliphatic carboxylic acids is 1. The lowest BCUT2D eigenvalue weighted by atomic mass is 9.98. The van der Waals surface area contributed by atoms with Crippen LogP contribution in [0.4, 0.5) is 0 Å². The lowest BCUT2D eigenvalue weighted by molar-refractivity contribution is -0.144. The quantitative estimate of drug-likeness (QED) is 0.839. The molecule has 7 nitrogen and oxygen atoms in total. The van der Waals surface area contributed by atoms with Crippen molar-refractivity contribution in [3.05, 3.63) is 17.5 Å². The minimum absolute atomic E-state index is 0.00669. The van der Waals surface area contributed by atoms with Gasteiger partial charge in [0.15, 0.2) is 5.54 Å². The fourth-order valence-electron chi connectivity index (χ4n) is 2.37. The van der Waals surface area contributed by atoms with Crippen LogP contribution in [0.2, 0.25) is 0 Å². The van der Waals surface area contributed by atoms with Crippen molar-refractivity contribution in [1.29, 1.82) is 0 Å². The first kappa shape index (κ1) is 15.5. The summed E-state index contributed by atoms with van der Waals surface area (Å²) in [7, 11) is 0. The van der Waals surface area contributed by atoms with Gasteiger partial charge in [0.05, 0.1) is 18.4 Å². The van der Waals surface area contributed by atoms with Crippen LogP contribution in [0.15, 0.2) is 6.20 Å². The minimum atomic E-state index is -1.33. The number of amides is 1. The van der Waals surface area contributed by atoms with Gasteiger partial charge in [0.2, 0.25) is 0 Å². The molecule has 1 aliphatic rings. The number of hydrogen-bond acceptors (Lipinski definition) is 4. The van der Waals surface area contributed by atoms with Gasteiger partial charge in [-0.15, -0.1) is 0 Å². The summed E-state index contributed by atoms with van der Waals surface area (Å²) < 4.78 is 6.89. The molecule has 0 bridgehead atoms. The summed E-state index contributed by atoms with van der Waals surface area (Å²) in [5.74, 6) is -1.08. The maximum atomic E-state index is 12.3. The van der Waals surface area contributed by atoms with E-state index in [1.165, 1.54) is 6.20 Å². The van der Waals surface area contributed by atoms with E-state index >= 15 is 0 Å². The molecule has 1 atom stereocenters. The van der Waals surface area contributed by atoms with Crippen molar-refractivity contribution in [3.63, 3.8) is 0 Å². The van der Waals surface area contributed by atoms with E-state index in [9.17, 15) is 14.7 Å². The van der Waals surface area contributed by atoms with Crippen LogP contribution in [0.3, 0.4) is 0 Å². The van der Waals surface area contributed by atoms with Gasteiger partial charge in [-0.25, -0.2) is 4.79 Å². The molecule has 0 spiro atoms. The van der Waals surface area contributed by atoms with Gasteiger partial charge in [0.25, 0.3) is 5.91 Å². The number of aromatic nitrogens is 2. The third-order valence-corrected chi connectivity index (χ3v) is 3.67. The first-order valence-corrected chi connectivity index (χ1v) is 7.02. The number of hydrogen-bond donors (Lipinski definition) is 2. The molecule has 1 unspecified atom stereocenters. The fraction of sp³-hybridized carbons (Fsp3) is 0.643. The molecule has 1 aliphatic heterocycles. The first-order chi connectivity index (χ1) is 9.85. The smallest absolute Gasteiger partial charge is 0.331 e. The Kier molecular flexibility index (Phi) is 4.32. The number of ether oxygens (including phenoxy) is 1. The number of carbonyl (C=O) groups excluding carboxylic acids is 1. The maximum absolute atomic E-state index is 12.3. The van der Waals surface area contributed by atoms with Gasteiger partial charge in [-0.1, -0.05) is 13.8 Å². The molecule has 1 saturated heterocycles. The van der Waals surface area contributed by atoms with Crippen LogP contribution in [0.1, 0.15) is 36.3 Å². The SMILES string of the molecule is Cc1c(C(=O)NC2(C(=O)O)CCOC2)cnn1CC(C)C. The second kappa shape index (κ2) is 5.85. The van der Waals surface area contributed by atoms with Crippen molar-refractivity contribution in [3.8, 4) is 0 Å². The van der Waals surface area contributed by atoms with E-state index in [2.05, 4.69) is 24.3 Å². The van der Waals surface area contributed by atoms with Crippen molar-refractivity contribution in [2.24, 2.45) is 5.92 Å². The number of nitrogens with zero attached hydrogens (tertiary/aromatic N) is 2. The minimum Gasteiger partial charge on any atom is -0.479 e. The predicted molar refractivity (Wildman–Crippen MR) is 75.1 cm³/mol. The Balaban J connectivity index is 2.17. The highest BCUT2D eigenvalue weighted by Gasteiger charge is 2.44. The molecule has 7 heteroatoms. The summed E-state index contributed by atoms with van der Waals surface area (Å²) in [5, 5.41) is 16.1. The lowest BCUT2D eigenvalue weighted by Gasteiger charge is -2.23. The molecule has 0 saturated carbocycles. The Bertz CT molecular complexity index is 544. The van der Waals surface area contributed by atoms with Crippen molar-refractivity contribution >= 4 is 11.9 Å². The second-order valence-corrected chi connectivity index (χ2v) is 5.86. The number of rotatable bonds is 5. The number of nitrogens with one attached hydrogen (secondary N) is 1. The van der Waals surface area contributed by atoms with Gasteiger partial charge in [-0.05, 0) is 12.8 Å². The number of carbonyl (C=O) groups is 2. The average Bonchev–Trinajstić information content (AvgIpc) is 2.98. The van der Waals surface area contributed by atoms with Gasteiger partial charge in [-0.3, -0.25) is 9.48 Å². The first-order valence-electron chi connectivity index (χ1n) is 7.02. The monoisotopic (exact) mass is 295 g/mol. The van der Waals surface area contributed by atoms with Gasteiger partial charge in [0.1, 0.15) is 0 Å². The second-order valence-electron chi connectivity index (χ2n) is 5.86. The normalized spacial score (nSPS) is 21.7. The molecule has 0 aromatic carbocycles. The maximum Gasteiger partial charge on any atom is 0.331 e. The molecule has 0 aliphatic carbocycles. The molecule has 2 rings (SSSR count). The summed E-state index contributed by atoms with van der Waals surface area (Å²) >= 11 is 0. The zero-order valence-corrected chi connectivity index (χ0v) is 12.5. The summed E-state index contributed by atoms with van der Waals surface area (Å²) in [6.45, 7) is 6.98. The van der Waals surface area contributed by atoms with E-state index in [4.69, 9.17) is 4.74 Å². The van der Waals surface area contributed by atoms with E-state index in [0.29, 0.717) is 24.6 Å². The van der Waals surface area contributed by atoms with Gasteiger partial charge in [-0.2, -0.15) is 5.10 Å². The summed E-state index contributed by atoms with van der Waals surface area (Å²) in [6.07, 6.45) is 1.76. The number of carboxylic acids is 1. The van der Waals surface area contributed by atoms with Crippen molar-refractivity contribution < 1.29 is 19.4 Å². The van der Waals surface area contributed by atoms with Crippen LogP contribution in [0.25, 0.3) is 0 Å². The van der Waals surface area contributed by atoms with E-state index in [-0.39, 0.29) is 13.0 Å². The molecule has 116 valence electrons. The molecular weight excluding hydrogens is 274 g/mol. The Morgan fingerprint density at radius 2 is 2.29 bits per heavy atom. The Hall–Kier alpha value is -1.89. The van der Waals surface area contributed by atoms with Crippen molar-refractivity contribution in [1.82, 2.24) is 15.1 Å². The third-order valence-electron chi connectivity index (χ3n) is 3.67. The van der Waals surface area contributed by atoms with Crippen LogP contribution in [0.5, 0.6) is 0 Å². The molecule has 1 fully saturated rings. The van der Waals surface area contributed by atoms with E-state index in [0.717, 1.165) is 5.69 Å². The highest BCUT2D eigenvalue weighted by atomic mass is 16.5. The largest absolute Gasteiger partial charge is 0.479 e. The molecule has 1 aromatic rings. The van der Waals surface area contributed by atoms with E-state index in [1.54, 1.807) is 4.68 Å². The zero-order chi connectivity index (χ0) is 15.6. The molecular formula is C14H21N3O4. The van der Waals surface area contributed by atoms with Gasteiger partial charge >= 0.3 is 5.97 Å². The highest BCUT2D eigenvalue weighted by molar-refractivity contribution is 5.98. The molecule has 1 amide bonds. The van der Waals surface area contributed by atoms with E-state index < -0.39 is 17.4 Å². The molecule has 0 radical (unpaired) electrons. The highest BCUT2D eigenvalue weighted by Crippen LogP contribution is 2.20. The van der Waals surface area contributed by atoms with Crippen LogP contribution in [-0.2, 0) is 16.1 Å². The van der Waals surface area contributed by atoms with Crippen LogP contribution >= 0.6 is 0 Å². The Labute approximate surface area is 123 Å². The Morgan fingerprint density at radius 3 is 2.81 bits per heavy atom. The van der Waals surface area contributed by atoms with Crippen molar-refractivity contribution in [2.45, 2.75) is 39.3 Å². The lowest BCUT2D eigenvalue weighted by Crippen LogP contribution is -2.55. The Morgan fingerprint density at radius 1 is 1.57 bits per heavy atom. The fourth-order valence-corrected chi connectivity index (χ4v) is 2.37. The third kappa shape index (κ3) is 3.07. The van der Waals surface area contributed by atoms with E-state index in [1.807, 2.05) is 6.92 Å². The molecule has 2 N–H and O–H groups in total. The van der Waals surface area contributed by atoms with Crippen LogP contribution in [0, 0.1) is 12.8 Å². The topological polar surface area (TPSA) is 93.5 Å². The summed E-state index contributed by atoms with van der Waals surface area (Å²) in [5.41, 5.74) is -0.187. The van der Waals surface area contributed by atoms with Crippen LogP contribution < -0.4 is 5.32 Å². The summed E-state index contributed by atoms with van der Waals surface area (Å²) in [6, 6.07) is 0. The predicted octanol–water partition coefficient (Wildman–Crippen LogP) is 0.821. The molecule has 1 aromatic heterocycles. The molecule has 2 heterocycles. The van der Waals surface area contributed by atoms with Gasteiger partial charge < -0.3 is 15.2 Å². The average molecular weight is 295 g/mol. The van der Waals surface area contributed by atoms with Gasteiger partial charge in [0, 0.05) is 25.3 Å². The van der Waals surface area contributed by atoms with Crippen molar-refractivity contribution in [2.75, 3.05) is 13.2 Å².